The first-order valence-electron chi connectivity index (χ1n) is 6.47. The van der Waals surface area contributed by atoms with Gasteiger partial charge in [0.1, 0.15) is 0 Å². The Hall–Kier alpha value is -0.840. The molecule has 4 heteroatoms. The fourth-order valence-corrected chi connectivity index (χ4v) is 3.36. The van der Waals surface area contributed by atoms with Crippen molar-refractivity contribution in [2.24, 2.45) is 0 Å². The van der Waals surface area contributed by atoms with Crippen LogP contribution >= 0.6 is 27.3 Å². The lowest BCUT2D eigenvalue weighted by molar-refractivity contribution is 0.650. The lowest BCUT2D eigenvalue weighted by Crippen LogP contribution is -2.23. The van der Waals surface area contributed by atoms with Crippen LogP contribution in [0.25, 0.3) is 0 Å². The van der Waals surface area contributed by atoms with Crippen molar-refractivity contribution in [1.82, 2.24) is 5.32 Å². The van der Waals surface area contributed by atoms with E-state index in [1.807, 2.05) is 0 Å². The number of halogens is 1. The van der Waals surface area contributed by atoms with Crippen LogP contribution in [0.1, 0.15) is 11.3 Å². The molecule has 0 fully saturated rings. The van der Waals surface area contributed by atoms with Crippen LogP contribution in [0, 0.1) is 0 Å². The van der Waals surface area contributed by atoms with Crippen LogP contribution in [0.5, 0.6) is 0 Å². The summed E-state index contributed by atoms with van der Waals surface area (Å²) in [6.45, 7) is 3.09. The smallest absolute Gasteiger partial charge is 0.0701 e. The van der Waals surface area contributed by atoms with E-state index in [1.165, 1.54) is 14.4 Å². The zero-order valence-corrected chi connectivity index (χ0v) is 13.5. The molecular formula is C15H19BrN2S. The molecule has 2 nitrogen and oxygen atoms in total. The van der Waals surface area contributed by atoms with Crippen LogP contribution in [0.3, 0.4) is 0 Å². The highest BCUT2D eigenvalue weighted by Crippen LogP contribution is 2.21. The van der Waals surface area contributed by atoms with Crippen molar-refractivity contribution < 1.29 is 0 Å². The maximum absolute atomic E-state index is 3.48. The number of para-hydroxylation sites is 1. The number of rotatable bonds is 7. The van der Waals surface area contributed by atoms with Gasteiger partial charge in [-0.25, -0.2) is 0 Å². The molecule has 0 unspecified atom stereocenters. The van der Waals surface area contributed by atoms with Gasteiger partial charge >= 0.3 is 0 Å². The Balaban J connectivity index is 1.62. The molecular weight excluding hydrogens is 320 g/mol. The average Bonchev–Trinajstić information content (AvgIpc) is 2.85. The van der Waals surface area contributed by atoms with Crippen LogP contribution < -0.4 is 10.2 Å². The van der Waals surface area contributed by atoms with Gasteiger partial charge in [0, 0.05) is 30.7 Å². The van der Waals surface area contributed by atoms with Gasteiger partial charge in [-0.05, 0) is 53.2 Å². The number of thiophene rings is 1. The molecule has 1 heterocycles. The topological polar surface area (TPSA) is 15.3 Å². The van der Waals surface area contributed by atoms with Gasteiger partial charge in [-0.2, -0.15) is 0 Å². The molecule has 0 aliphatic carbocycles. The van der Waals surface area contributed by atoms with Gasteiger partial charge in [0.05, 0.1) is 3.79 Å². The lowest BCUT2D eigenvalue weighted by Gasteiger charge is -2.19. The molecule has 0 atom stereocenters. The summed E-state index contributed by atoms with van der Waals surface area (Å²) < 4.78 is 1.20. The molecule has 19 heavy (non-hydrogen) atoms. The molecule has 0 radical (unpaired) electrons. The third-order valence-electron chi connectivity index (χ3n) is 2.97. The van der Waals surface area contributed by atoms with Crippen LogP contribution in [-0.2, 0) is 6.54 Å². The second kappa shape index (κ2) is 7.68. The fourth-order valence-electron chi connectivity index (χ4n) is 1.91. The monoisotopic (exact) mass is 338 g/mol. The first kappa shape index (κ1) is 14.6. The molecule has 0 bridgehead atoms. The first-order valence-corrected chi connectivity index (χ1v) is 8.08. The number of nitrogens with zero attached hydrogens (tertiary/aromatic N) is 1. The average molecular weight is 339 g/mol. The normalized spacial score (nSPS) is 10.6. The molecule has 0 aliphatic heterocycles. The summed E-state index contributed by atoms with van der Waals surface area (Å²) in [7, 11) is 2.14. The predicted molar refractivity (Wildman–Crippen MR) is 88.1 cm³/mol. The van der Waals surface area contributed by atoms with E-state index in [1.54, 1.807) is 11.3 Å². The van der Waals surface area contributed by atoms with E-state index < -0.39 is 0 Å². The number of hydrogen-bond acceptors (Lipinski definition) is 3. The summed E-state index contributed by atoms with van der Waals surface area (Å²) in [5.74, 6) is 0. The highest BCUT2D eigenvalue weighted by atomic mass is 79.9. The second-order valence-corrected chi connectivity index (χ2v) is 7.04. The Morgan fingerprint density at radius 3 is 2.63 bits per heavy atom. The molecule has 1 aromatic heterocycles. The van der Waals surface area contributed by atoms with Crippen molar-refractivity contribution in [3.05, 3.63) is 51.1 Å². The summed E-state index contributed by atoms with van der Waals surface area (Å²) in [4.78, 5) is 3.67. The molecule has 2 aromatic rings. The van der Waals surface area contributed by atoms with E-state index in [2.05, 4.69) is 75.7 Å². The number of nitrogens with one attached hydrogen (secondary N) is 1. The van der Waals surface area contributed by atoms with Crippen LogP contribution in [0.4, 0.5) is 5.69 Å². The van der Waals surface area contributed by atoms with Crippen molar-refractivity contribution in [1.29, 1.82) is 0 Å². The van der Waals surface area contributed by atoms with Crippen molar-refractivity contribution in [2.75, 3.05) is 25.0 Å². The fraction of sp³-hybridized carbons (Fsp3) is 0.333. The zero-order chi connectivity index (χ0) is 13.5. The summed E-state index contributed by atoms with van der Waals surface area (Å²) in [6.07, 6.45) is 1.15. The summed E-state index contributed by atoms with van der Waals surface area (Å²) in [5, 5.41) is 3.48. The molecule has 2 rings (SSSR count). The molecule has 102 valence electrons. The second-order valence-electron chi connectivity index (χ2n) is 4.49. The van der Waals surface area contributed by atoms with Gasteiger partial charge in [0.2, 0.25) is 0 Å². The Kier molecular flexibility index (Phi) is 5.89. The zero-order valence-electron chi connectivity index (χ0n) is 11.1. The molecule has 0 saturated carbocycles. The van der Waals surface area contributed by atoms with Crippen molar-refractivity contribution in [3.8, 4) is 0 Å². The Bertz CT molecular complexity index is 484. The molecule has 0 saturated heterocycles. The quantitative estimate of drug-likeness (QED) is 0.763. The first-order chi connectivity index (χ1) is 9.25. The van der Waals surface area contributed by atoms with Gasteiger partial charge in [0.25, 0.3) is 0 Å². The summed E-state index contributed by atoms with van der Waals surface area (Å²) in [5.41, 5.74) is 1.28. The molecule has 1 aromatic carbocycles. The van der Waals surface area contributed by atoms with Crippen molar-refractivity contribution in [3.63, 3.8) is 0 Å². The Morgan fingerprint density at radius 1 is 1.16 bits per heavy atom. The minimum Gasteiger partial charge on any atom is -0.375 e. The standard InChI is InChI=1S/C15H19BrN2S/c1-18(13-6-3-2-4-7-13)11-5-10-17-12-14-8-9-15(16)19-14/h2-4,6-9,17H,5,10-12H2,1H3. The maximum atomic E-state index is 3.48. The van der Waals surface area contributed by atoms with E-state index in [9.17, 15) is 0 Å². The summed E-state index contributed by atoms with van der Waals surface area (Å²) >= 11 is 5.28. The van der Waals surface area contributed by atoms with E-state index in [-0.39, 0.29) is 0 Å². The highest BCUT2D eigenvalue weighted by molar-refractivity contribution is 9.11. The molecule has 0 aliphatic rings. The van der Waals surface area contributed by atoms with Crippen LogP contribution in [0.15, 0.2) is 46.3 Å². The number of hydrogen-bond donors (Lipinski definition) is 1. The number of benzene rings is 1. The maximum Gasteiger partial charge on any atom is 0.0701 e. The third-order valence-corrected chi connectivity index (χ3v) is 4.60. The summed E-state index contributed by atoms with van der Waals surface area (Å²) in [6, 6.07) is 14.8. The third kappa shape index (κ3) is 4.97. The van der Waals surface area contributed by atoms with Gasteiger partial charge < -0.3 is 10.2 Å². The van der Waals surface area contributed by atoms with Crippen LogP contribution in [-0.4, -0.2) is 20.1 Å². The van der Waals surface area contributed by atoms with Crippen LogP contribution in [0.2, 0.25) is 0 Å². The van der Waals surface area contributed by atoms with Crippen molar-refractivity contribution >= 4 is 33.0 Å². The van der Waals surface area contributed by atoms with E-state index in [0.29, 0.717) is 0 Å². The van der Waals surface area contributed by atoms with Gasteiger partial charge in [-0.3, -0.25) is 0 Å². The van der Waals surface area contributed by atoms with E-state index >= 15 is 0 Å². The number of anilines is 1. The predicted octanol–water partition coefficient (Wildman–Crippen LogP) is 4.13. The van der Waals surface area contributed by atoms with Gasteiger partial charge in [0.15, 0.2) is 0 Å². The molecule has 0 amide bonds. The minimum absolute atomic E-state index is 0.964. The SMILES string of the molecule is CN(CCCNCc1ccc(Br)s1)c1ccccc1. The Labute approximate surface area is 127 Å². The highest BCUT2D eigenvalue weighted by Gasteiger charge is 2.00. The van der Waals surface area contributed by atoms with Crippen molar-refractivity contribution in [2.45, 2.75) is 13.0 Å². The Morgan fingerprint density at radius 2 is 1.95 bits per heavy atom. The largest absolute Gasteiger partial charge is 0.375 e. The molecule has 1 N–H and O–H groups in total. The lowest BCUT2D eigenvalue weighted by atomic mass is 10.3. The van der Waals surface area contributed by atoms with E-state index in [4.69, 9.17) is 0 Å². The van der Waals surface area contributed by atoms with Gasteiger partial charge in [-0.1, -0.05) is 18.2 Å². The minimum atomic E-state index is 0.964. The van der Waals surface area contributed by atoms with E-state index in [0.717, 1.165) is 26.1 Å². The van der Waals surface area contributed by atoms with Gasteiger partial charge in [-0.15, -0.1) is 11.3 Å². The molecule has 0 spiro atoms.